The van der Waals surface area contributed by atoms with Gasteiger partial charge in [-0.3, -0.25) is 0 Å². The molecule has 1 unspecified atom stereocenters. The second-order valence-electron chi connectivity index (χ2n) is 3.47. The van der Waals surface area contributed by atoms with E-state index in [1.54, 1.807) is 0 Å². The molecule has 3 nitrogen and oxygen atoms in total. The van der Waals surface area contributed by atoms with Gasteiger partial charge < -0.3 is 14.7 Å². The monoisotopic (exact) mass is 174 g/mol. The number of hydrogen-bond acceptors (Lipinski definition) is 3. The van der Waals surface area contributed by atoms with Crippen molar-refractivity contribution in [1.82, 2.24) is 4.57 Å². The van der Waals surface area contributed by atoms with Gasteiger partial charge in [-0.1, -0.05) is 0 Å². The van der Waals surface area contributed by atoms with Crippen molar-refractivity contribution in [2.45, 2.75) is 32.4 Å². The van der Waals surface area contributed by atoms with Gasteiger partial charge in [0.2, 0.25) is 9.92 Å². The highest BCUT2D eigenvalue weighted by Gasteiger charge is 2.18. The molecule has 0 saturated carbocycles. The van der Waals surface area contributed by atoms with Crippen LogP contribution in [0.1, 0.15) is 20.3 Å². The van der Waals surface area contributed by atoms with Crippen molar-refractivity contribution in [3.8, 4) is 0 Å². The third-order valence-electron chi connectivity index (χ3n) is 1.90. The molecular weight excluding hydrogens is 156 g/mol. The zero-order chi connectivity index (χ0) is 8.27. The number of nitrogens with two attached hydrogens (primary N) is 1. The Morgan fingerprint density at radius 2 is 2.36 bits per heavy atom. The molecule has 0 radical (unpaired) electrons. The zero-order valence-corrected chi connectivity index (χ0v) is 8.83. The Labute approximate surface area is 70.9 Å². The van der Waals surface area contributed by atoms with Crippen LogP contribution in [0.3, 0.4) is 0 Å². The normalized spacial score (nSPS) is 27.8. The zero-order valence-electron chi connectivity index (χ0n) is 7.42. The van der Waals surface area contributed by atoms with E-state index in [0.717, 1.165) is 19.5 Å². The summed E-state index contributed by atoms with van der Waals surface area (Å²) in [6, 6.07) is 0.401. The molecule has 1 aliphatic heterocycles. The summed E-state index contributed by atoms with van der Waals surface area (Å²) < 4.78 is 7.98. The summed E-state index contributed by atoms with van der Waals surface area (Å²) >= 11 is 0. The molecule has 11 heavy (non-hydrogen) atoms. The largest absolute Gasteiger partial charge is 0.406 e. The summed E-state index contributed by atoms with van der Waals surface area (Å²) in [7, 11) is -0.438. The van der Waals surface area contributed by atoms with Crippen LogP contribution in [0.5, 0.6) is 0 Å². The smallest absolute Gasteiger partial charge is 0.238 e. The molecule has 0 spiro atoms. The van der Waals surface area contributed by atoms with Gasteiger partial charge in [0.15, 0.2) is 0 Å². The maximum absolute atomic E-state index is 5.76. The van der Waals surface area contributed by atoms with Crippen LogP contribution in [-0.2, 0) is 4.43 Å². The minimum absolute atomic E-state index is 0.387. The van der Waals surface area contributed by atoms with Crippen LogP contribution >= 0.6 is 0 Å². The van der Waals surface area contributed by atoms with Crippen molar-refractivity contribution >= 4 is 9.92 Å². The molecule has 0 aliphatic carbocycles. The minimum atomic E-state index is -0.438. The van der Waals surface area contributed by atoms with E-state index in [4.69, 9.17) is 10.2 Å². The average Bonchev–Trinajstić information content (AvgIpc) is 2.31. The third-order valence-corrected chi connectivity index (χ3v) is 3.65. The van der Waals surface area contributed by atoms with Crippen LogP contribution in [-0.4, -0.2) is 39.7 Å². The summed E-state index contributed by atoms with van der Waals surface area (Å²) in [6.07, 6.45) is 1.53. The highest BCUT2D eigenvalue weighted by Crippen LogP contribution is 2.05. The predicted molar refractivity (Wildman–Crippen MR) is 48.9 cm³/mol. The molecule has 4 heteroatoms. The molecule has 66 valence electrons. The number of hydrogen-bond donors (Lipinski definition) is 1. The molecular formula is C7H18N2OSi. The van der Waals surface area contributed by atoms with Crippen molar-refractivity contribution in [3.63, 3.8) is 0 Å². The van der Waals surface area contributed by atoms with Crippen LogP contribution < -0.4 is 5.73 Å². The molecule has 1 heterocycles. The van der Waals surface area contributed by atoms with Gasteiger partial charge in [0.1, 0.15) is 0 Å². The van der Waals surface area contributed by atoms with Gasteiger partial charge in [0.25, 0.3) is 0 Å². The lowest BCUT2D eigenvalue weighted by atomic mass is 10.3. The molecule has 0 bridgehead atoms. The SMILES string of the molecule is CC(C)O[SiH2]N1CCC(N)C1. The van der Waals surface area contributed by atoms with E-state index in [1.807, 2.05) is 0 Å². The topological polar surface area (TPSA) is 38.5 Å². The van der Waals surface area contributed by atoms with E-state index in [1.165, 1.54) is 0 Å². The molecule has 1 atom stereocenters. The van der Waals surface area contributed by atoms with E-state index in [2.05, 4.69) is 18.4 Å². The molecule has 1 aliphatic rings. The van der Waals surface area contributed by atoms with Crippen molar-refractivity contribution in [3.05, 3.63) is 0 Å². The maximum atomic E-state index is 5.76. The lowest BCUT2D eigenvalue weighted by Crippen LogP contribution is -2.32. The van der Waals surface area contributed by atoms with Gasteiger partial charge in [-0.25, -0.2) is 0 Å². The van der Waals surface area contributed by atoms with Crippen molar-refractivity contribution in [2.75, 3.05) is 13.1 Å². The second-order valence-corrected chi connectivity index (χ2v) is 4.96. The van der Waals surface area contributed by atoms with Crippen molar-refractivity contribution in [1.29, 1.82) is 0 Å². The van der Waals surface area contributed by atoms with Gasteiger partial charge >= 0.3 is 0 Å². The molecule has 2 N–H and O–H groups in total. The van der Waals surface area contributed by atoms with E-state index < -0.39 is 9.92 Å². The van der Waals surface area contributed by atoms with Crippen LogP contribution in [0.4, 0.5) is 0 Å². The minimum Gasteiger partial charge on any atom is -0.406 e. The molecule has 1 fully saturated rings. The molecule has 1 rings (SSSR count). The van der Waals surface area contributed by atoms with Gasteiger partial charge in [-0.15, -0.1) is 0 Å². The molecule has 0 aromatic carbocycles. The predicted octanol–water partition coefficient (Wildman–Crippen LogP) is -0.557. The van der Waals surface area contributed by atoms with Crippen LogP contribution in [0, 0.1) is 0 Å². The van der Waals surface area contributed by atoms with Crippen LogP contribution in [0.2, 0.25) is 0 Å². The first-order valence-corrected chi connectivity index (χ1v) is 5.49. The lowest BCUT2D eigenvalue weighted by Gasteiger charge is -2.16. The lowest BCUT2D eigenvalue weighted by molar-refractivity contribution is 0.228. The Morgan fingerprint density at radius 1 is 1.64 bits per heavy atom. The van der Waals surface area contributed by atoms with Gasteiger partial charge in [-0.2, -0.15) is 0 Å². The molecule has 0 aromatic rings. The van der Waals surface area contributed by atoms with Gasteiger partial charge in [0, 0.05) is 18.7 Å². The van der Waals surface area contributed by atoms with E-state index in [0.29, 0.717) is 12.1 Å². The Hall–Kier alpha value is 0.0969. The first kappa shape index (κ1) is 9.19. The highest BCUT2D eigenvalue weighted by molar-refractivity contribution is 6.23. The fourth-order valence-electron chi connectivity index (χ4n) is 1.23. The summed E-state index contributed by atoms with van der Waals surface area (Å²) in [5.41, 5.74) is 5.76. The molecule has 0 amide bonds. The third kappa shape index (κ3) is 3.33. The first-order valence-electron chi connectivity index (χ1n) is 4.28. The fourth-order valence-corrected chi connectivity index (χ4v) is 2.49. The summed E-state index contributed by atoms with van der Waals surface area (Å²) in [6.45, 7) is 6.38. The summed E-state index contributed by atoms with van der Waals surface area (Å²) in [5, 5.41) is 0. The van der Waals surface area contributed by atoms with Crippen molar-refractivity contribution < 1.29 is 4.43 Å². The Morgan fingerprint density at radius 3 is 2.82 bits per heavy atom. The van der Waals surface area contributed by atoms with Crippen LogP contribution in [0.15, 0.2) is 0 Å². The number of rotatable bonds is 3. The highest BCUT2D eigenvalue weighted by atomic mass is 28.2. The van der Waals surface area contributed by atoms with E-state index in [9.17, 15) is 0 Å². The van der Waals surface area contributed by atoms with Gasteiger partial charge in [-0.05, 0) is 26.8 Å². The fraction of sp³-hybridized carbons (Fsp3) is 1.00. The molecule has 0 aromatic heterocycles. The van der Waals surface area contributed by atoms with E-state index >= 15 is 0 Å². The Balaban J connectivity index is 2.08. The second kappa shape index (κ2) is 4.20. The Kier molecular flexibility index (Phi) is 3.51. The van der Waals surface area contributed by atoms with E-state index in [-0.39, 0.29) is 0 Å². The van der Waals surface area contributed by atoms with Crippen LogP contribution in [0.25, 0.3) is 0 Å². The van der Waals surface area contributed by atoms with Gasteiger partial charge in [0.05, 0.1) is 0 Å². The summed E-state index contributed by atoms with van der Waals surface area (Å²) in [4.78, 5) is 0. The molecule has 1 saturated heterocycles. The summed E-state index contributed by atoms with van der Waals surface area (Å²) in [5.74, 6) is 0. The van der Waals surface area contributed by atoms with Crippen molar-refractivity contribution in [2.24, 2.45) is 5.73 Å². The Bertz CT molecular complexity index is 121. The standard InChI is InChI=1S/C7H18N2OSi/c1-6(2)10-11-9-4-3-7(8)5-9/h6-7H,3-5,8,11H2,1-2H3. The number of nitrogens with zero attached hydrogens (tertiary/aromatic N) is 1. The first-order chi connectivity index (χ1) is 5.18. The average molecular weight is 174 g/mol. The maximum Gasteiger partial charge on any atom is 0.238 e. The quantitative estimate of drug-likeness (QED) is 0.583.